The van der Waals surface area contributed by atoms with Crippen LogP contribution < -0.4 is 10.2 Å². The van der Waals surface area contributed by atoms with Crippen LogP contribution in [0.15, 0.2) is 76.7 Å². The predicted molar refractivity (Wildman–Crippen MR) is 130 cm³/mol. The van der Waals surface area contributed by atoms with Crippen molar-refractivity contribution in [3.05, 3.63) is 89.2 Å². The Morgan fingerprint density at radius 3 is 2.46 bits per heavy atom. The van der Waals surface area contributed by atoms with Crippen LogP contribution in [0.25, 0.3) is 0 Å². The van der Waals surface area contributed by atoms with Crippen molar-refractivity contribution in [1.82, 2.24) is 9.73 Å². The maximum Gasteiger partial charge on any atom is 0.255 e. The summed E-state index contributed by atoms with van der Waals surface area (Å²) >= 11 is 0. The van der Waals surface area contributed by atoms with E-state index in [4.69, 9.17) is 4.74 Å². The first-order chi connectivity index (χ1) is 16.7. The highest BCUT2D eigenvalue weighted by Crippen LogP contribution is 2.28. The Bertz CT molecular complexity index is 1290. The van der Waals surface area contributed by atoms with Crippen molar-refractivity contribution >= 4 is 22.1 Å². The third-order valence-corrected chi connectivity index (χ3v) is 6.78. The number of rotatable bonds is 10. The number of carbonyl (C=O) groups is 1. The number of phenolic OH excluding ortho intramolecular Hbond substituents is 1. The first kappa shape index (κ1) is 25.9. The van der Waals surface area contributed by atoms with Crippen molar-refractivity contribution < 1.29 is 27.4 Å². The average Bonchev–Trinajstić information content (AvgIpc) is 2.83. The summed E-state index contributed by atoms with van der Waals surface area (Å²) in [5.41, 5.74) is 3.99. The molecule has 0 radical (unpaired) electrons. The summed E-state index contributed by atoms with van der Waals surface area (Å²) in [7, 11) is -4.05. The van der Waals surface area contributed by atoms with Gasteiger partial charge in [-0.05, 0) is 55.8 Å². The van der Waals surface area contributed by atoms with E-state index < -0.39 is 28.3 Å². The molecule has 0 atom stereocenters. The van der Waals surface area contributed by atoms with Crippen molar-refractivity contribution in [3.63, 3.8) is 0 Å². The lowest BCUT2D eigenvalue weighted by molar-refractivity contribution is -0.121. The minimum Gasteiger partial charge on any atom is -0.504 e. The molecule has 0 saturated heterocycles. The fourth-order valence-corrected chi connectivity index (χ4v) is 4.55. The van der Waals surface area contributed by atoms with Crippen LogP contribution in [-0.4, -0.2) is 43.1 Å². The molecule has 8 nitrogen and oxygen atoms in total. The fraction of sp³-hybridized carbons (Fsp3) is 0.200. The molecule has 0 aliphatic heterocycles. The Kier molecular flexibility index (Phi) is 8.56. The first-order valence-electron chi connectivity index (χ1n) is 10.8. The highest BCUT2D eigenvalue weighted by Gasteiger charge is 2.27. The minimum absolute atomic E-state index is 0.0270. The highest BCUT2D eigenvalue weighted by molar-refractivity contribution is 7.89. The third-order valence-electron chi connectivity index (χ3n) is 4.97. The number of ether oxygens (including phenoxy) is 1. The summed E-state index contributed by atoms with van der Waals surface area (Å²) in [6, 6.07) is 16.4. The van der Waals surface area contributed by atoms with E-state index in [1.165, 1.54) is 42.6 Å². The molecule has 0 bridgehead atoms. The first-order valence-corrected chi connectivity index (χ1v) is 12.2. The molecule has 35 heavy (non-hydrogen) atoms. The Morgan fingerprint density at radius 1 is 1.11 bits per heavy atom. The zero-order chi connectivity index (χ0) is 25.4. The molecule has 1 amide bonds. The van der Waals surface area contributed by atoms with Crippen LogP contribution in [0.3, 0.4) is 0 Å². The summed E-state index contributed by atoms with van der Waals surface area (Å²) in [6.45, 7) is 3.30. The van der Waals surface area contributed by atoms with Crippen LogP contribution in [0, 0.1) is 12.7 Å². The lowest BCUT2D eigenvalue weighted by Gasteiger charge is -2.21. The molecule has 0 aromatic heterocycles. The van der Waals surface area contributed by atoms with Gasteiger partial charge in [-0.3, -0.25) is 4.79 Å². The molecule has 0 aliphatic rings. The van der Waals surface area contributed by atoms with Gasteiger partial charge in [0, 0.05) is 12.1 Å². The van der Waals surface area contributed by atoms with Gasteiger partial charge in [0.1, 0.15) is 5.82 Å². The minimum atomic E-state index is -4.05. The number of hydrogen-bond donors (Lipinski definition) is 2. The van der Waals surface area contributed by atoms with Gasteiger partial charge in [0.15, 0.2) is 11.5 Å². The quantitative estimate of drug-likeness (QED) is 0.328. The Labute approximate surface area is 203 Å². The standard InChI is InChI=1S/C25H26FN3O5S/c1-3-34-23-6-4-5-20(25(23)31)15-27-28-24(30)17-29(16-19-9-11-21(26)12-10-19)35(32,33)22-13-7-18(2)8-14-22/h4-15,31H,3,16-17H2,1-2H3,(H,28,30)/b27-15-. The van der Waals surface area contributed by atoms with Gasteiger partial charge in [0.2, 0.25) is 10.0 Å². The number of hydrogen-bond acceptors (Lipinski definition) is 6. The number of halogens is 1. The van der Waals surface area contributed by atoms with E-state index in [1.807, 2.05) is 6.92 Å². The summed E-state index contributed by atoms with van der Waals surface area (Å²) in [6.07, 6.45) is 1.23. The molecule has 184 valence electrons. The summed E-state index contributed by atoms with van der Waals surface area (Å²) in [5, 5.41) is 14.1. The van der Waals surface area contributed by atoms with Gasteiger partial charge in [-0.25, -0.2) is 18.2 Å². The number of carbonyl (C=O) groups excluding carboxylic acids is 1. The van der Waals surface area contributed by atoms with Gasteiger partial charge < -0.3 is 9.84 Å². The second-order valence-corrected chi connectivity index (χ2v) is 9.57. The van der Waals surface area contributed by atoms with Gasteiger partial charge in [0.05, 0.1) is 24.3 Å². The van der Waals surface area contributed by atoms with Crippen LogP contribution in [0.2, 0.25) is 0 Å². The number of nitrogens with one attached hydrogen (secondary N) is 1. The number of hydrazone groups is 1. The summed E-state index contributed by atoms with van der Waals surface area (Å²) in [4.78, 5) is 12.6. The molecule has 2 N–H and O–H groups in total. The third kappa shape index (κ3) is 6.87. The number of benzene rings is 3. The summed E-state index contributed by atoms with van der Waals surface area (Å²) in [5.74, 6) is -1.00. The molecule has 3 rings (SSSR count). The number of nitrogens with zero attached hydrogens (tertiary/aromatic N) is 2. The lowest BCUT2D eigenvalue weighted by Crippen LogP contribution is -2.39. The van der Waals surface area contributed by atoms with Crippen LogP contribution in [0.1, 0.15) is 23.6 Å². The van der Waals surface area contributed by atoms with E-state index in [1.54, 1.807) is 37.3 Å². The Morgan fingerprint density at radius 2 is 1.80 bits per heavy atom. The molecule has 0 unspecified atom stereocenters. The lowest BCUT2D eigenvalue weighted by atomic mass is 10.2. The van der Waals surface area contributed by atoms with Crippen molar-refractivity contribution in [2.75, 3.05) is 13.2 Å². The molecular weight excluding hydrogens is 473 g/mol. The molecule has 0 spiro atoms. The SMILES string of the molecule is CCOc1cccc(/C=N\NC(=O)CN(Cc2ccc(F)cc2)S(=O)(=O)c2ccc(C)cc2)c1O. The van der Waals surface area contributed by atoms with E-state index in [9.17, 15) is 22.7 Å². The van der Waals surface area contributed by atoms with Gasteiger partial charge in [0.25, 0.3) is 5.91 Å². The van der Waals surface area contributed by atoms with Crippen LogP contribution in [-0.2, 0) is 21.4 Å². The zero-order valence-corrected chi connectivity index (χ0v) is 20.1. The number of amides is 1. The molecule has 3 aromatic carbocycles. The van der Waals surface area contributed by atoms with Crippen molar-refractivity contribution in [2.45, 2.75) is 25.3 Å². The molecular formula is C25H26FN3O5S. The van der Waals surface area contributed by atoms with Crippen LogP contribution in [0.4, 0.5) is 4.39 Å². The highest BCUT2D eigenvalue weighted by atomic mass is 32.2. The van der Waals surface area contributed by atoms with E-state index in [0.717, 1.165) is 9.87 Å². The summed E-state index contributed by atoms with van der Waals surface area (Å²) < 4.78 is 46.2. The van der Waals surface area contributed by atoms with Crippen LogP contribution in [0.5, 0.6) is 11.5 Å². The molecule has 0 saturated carbocycles. The number of sulfonamides is 1. The number of aromatic hydroxyl groups is 1. The Balaban J connectivity index is 1.78. The van der Waals surface area contributed by atoms with Gasteiger partial charge in [-0.15, -0.1) is 0 Å². The van der Waals surface area contributed by atoms with E-state index in [-0.39, 0.29) is 22.9 Å². The van der Waals surface area contributed by atoms with Gasteiger partial charge >= 0.3 is 0 Å². The second kappa shape index (κ2) is 11.6. The average molecular weight is 500 g/mol. The smallest absolute Gasteiger partial charge is 0.255 e. The molecule has 0 aliphatic carbocycles. The Hall–Kier alpha value is -3.76. The van der Waals surface area contributed by atoms with Crippen molar-refractivity contribution in [2.24, 2.45) is 5.10 Å². The van der Waals surface area contributed by atoms with E-state index in [0.29, 0.717) is 17.7 Å². The second-order valence-electron chi connectivity index (χ2n) is 7.63. The maximum atomic E-state index is 13.3. The van der Waals surface area contributed by atoms with Crippen molar-refractivity contribution in [3.8, 4) is 11.5 Å². The fourth-order valence-electron chi connectivity index (χ4n) is 3.16. The normalized spacial score (nSPS) is 11.7. The molecule has 10 heteroatoms. The zero-order valence-electron chi connectivity index (χ0n) is 19.3. The number of aryl methyl sites for hydroxylation is 1. The maximum absolute atomic E-state index is 13.3. The van der Waals surface area contributed by atoms with Crippen molar-refractivity contribution in [1.29, 1.82) is 0 Å². The number of para-hydroxylation sites is 1. The predicted octanol–water partition coefficient (Wildman–Crippen LogP) is 3.58. The van der Waals surface area contributed by atoms with Gasteiger partial charge in [-0.2, -0.15) is 9.41 Å². The topological polar surface area (TPSA) is 108 Å². The van der Waals surface area contributed by atoms with E-state index in [2.05, 4.69) is 10.5 Å². The number of phenols is 1. The van der Waals surface area contributed by atoms with Gasteiger partial charge in [-0.1, -0.05) is 35.9 Å². The largest absolute Gasteiger partial charge is 0.504 e. The molecule has 0 fully saturated rings. The molecule has 0 heterocycles. The van der Waals surface area contributed by atoms with E-state index >= 15 is 0 Å². The van der Waals surface area contributed by atoms with Crippen LogP contribution >= 0.6 is 0 Å². The molecule has 3 aromatic rings. The monoisotopic (exact) mass is 499 g/mol.